The van der Waals surface area contributed by atoms with Crippen LogP contribution in [0.2, 0.25) is 0 Å². The molecule has 0 aliphatic carbocycles. The molecule has 0 spiro atoms. The van der Waals surface area contributed by atoms with Crippen molar-refractivity contribution in [2.45, 2.75) is 19.8 Å². The van der Waals surface area contributed by atoms with Crippen LogP contribution in [-0.2, 0) is 4.79 Å². The lowest BCUT2D eigenvalue weighted by atomic mass is 10.2. The summed E-state index contributed by atoms with van der Waals surface area (Å²) in [6.45, 7) is 3.66. The Labute approximate surface area is 121 Å². The van der Waals surface area contributed by atoms with E-state index in [2.05, 4.69) is 0 Å². The monoisotopic (exact) mass is 286 g/mol. The highest BCUT2D eigenvalue weighted by Gasteiger charge is 2.07. The molecule has 0 unspecified atom stereocenters. The number of benzene rings is 1. The first kappa shape index (κ1) is 17.7. The van der Waals surface area contributed by atoms with Crippen molar-refractivity contribution in [1.29, 1.82) is 0 Å². The van der Waals surface area contributed by atoms with Crippen molar-refractivity contribution in [3.05, 3.63) is 29.8 Å². The van der Waals surface area contributed by atoms with Gasteiger partial charge in [0.2, 0.25) is 5.91 Å². The van der Waals surface area contributed by atoms with Crippen LogP contribution in [0.3, 0.4) is 0 Å². The molecule has 19 heavy (non-hydrogen) atoms. The summed E-state index contributed by atoms with van der Waals surface area (Å²) < 4.78 is 5.64. The zero-order valence-corrected chi connectivity index (χ0v) is 12.4. The number of aryl methyl sites for hydroxylation is 1. The topological polar surface area (TPSA) is 55.6 Å². The second kappa shape index (κ2) is 9.64. The molecule has 0 aliphatic rings. The fourth-order valence-corrected chi connectivity index (χ4v) is 1.58. The average Bonchev–Trinajstić information content (AvgIpc) is 2.38. The van der Waals surface area contributed by atoms with E-state index in [0.29, 0.717) is 26.1 Å². The fraction of sp³-hybridized carbons (Fsp3) is 0.500. The summed E-state index contributed by atoms with van der Waals surface area (Å²) in [6, 6.07) is 7.86. The number of likely N-dealkylation sites (N-methyl/N-ethyl adjacent to an activating group) is 1. The van der Waals surface area contributed by atoms with Gasteiger partial charge in [-0.1, -0.05) is 18.2 Å². The molecule has 2 N–H and O–H groups in total. The summed E-state index contributed by atoms with van der Waals surface area (Å²) in [4.78, 5) is 13.3. The van der Waals surface area contributed by atoms with Gasteiger partial charge in [0.05, 0.1) is 6.54 Å². The van der Waals surface area contributed by atoms with Gasteiger partial charge in [0.15, 0.2) is 0 Å². The Hall–Kier alpha value is -1.26. The summed E-state index contributed by atoms with van der Waals surface area (Å²) in [5.74, 6) is 0.995. The molecule has 0 aromatic heterocycles. The van der Waals surface area contributed by atoms with Gasteiger partial charge >= 0.3 is 0 Å². The first-order valence-electron chi connectivity index (χ1n) is 6.27. The predicted octanol–water partition coefficient (Wildman–Crippen LogP) is 1.99. The number of amides is 1. The van der Waals surface area contributed by atoms with Gasteiger partial charge in [-0.25, -0.2) is 0 Å². The normalized spacial score (nSPS) is 9.63. The van der Waals surface area contributed by atoms with E-state index < -0.39 is 0 Å². The van der Waals surface area contributed by atoms with Crippen LogP contribution in [0.1, 0.15) is 18.4 Å². The molecule has 0 atom stereocenters. The van der Waals surface area contributed by atoms with Crippen LogP contribution in [0.5, 0.6) is 5.75 Å². The summed E-state index contributed by atoms with van der Waals surface area (Å²) >= 11 is 0. The molecule has 0 heterocycles. The van der Waals surface area contributed by atoms with Crippen molar-refractivity contribution in [2.75, 3.05) is 26.7 Å². The van der Waals surface area contributed by atoms with Gasteiger partial charge in [0, 0.05) is 13.5 Å². The lowest BCUT2D eigenvalue weighted by Gasteiger charge is -2.17. The second-order valence-electron chi connectivity index (χ2n) is 4.32. The van der Waals surface area contributed by atoms with E-state index in [1.165, 1.54) is 0 Å². The van der Waals surface area contributed by atoms with Gasteiger partial charge in [0.25, 0.3) is 0 Å². The Morgan fingerprint density at radius 1 is 1.37 bits per heavy atom. The van der Waals surface area contributed by atoms with Crippen molar-refractivity contribution < 1.29 is 9.53 Å². The molecule has 5 heteroatoms. The van der Waals surface area contributed by atoms with Crippen molar-refractivity contribution in [3.63, 3.8) is 0 Å². The third kappa shape index (κ3) is 6.45. The summed E-state index contributed by atoms with van der Waals surface area (Å²) in [5, 5.41) is 0. The first-order chi connectivity index (χ1) is 8.65. The molecule has 108 valence electrons. The van der Waals surface area contributed by atoms with Crippen LogP contribution in [0.4, 0.5) is 0 Å². The first-order valence-corrected chi connectivity index (χ1v) is 6.27. The molecule has 0 saturated heterocycles. The highest BCUT2D eigenvalue weighted by Crippen LogP contribution is 2.15. The van der Waals surface area contributed by atoms with Crippen molar-refractivity contribution >= 4 is 18.3 Å². The third-order valence-corrected chi connectivity index (χ3v) is 2.80. The van der Waals surface area contributed by atoms with Gasteiger partial charge < -0.3 is 15.4 Å². The van der Waals surface area contributed by atoms with Gasteiger partial charge in [0.1, 0.15) is 12.4 Å². The summed E-state index contributed by atoms with van der Waals surface area (Å²) in [6.07, 6.45) is 1.25. The number of para-hydroxylation sites is 1. The van der Waals surface area contributed by atoms with E-state index in [4.69, 9.17) is 10.5 Å². The number of hydrogen-bond acceptors (Lipinski definition) is 3. The highest BCUT2D eigenvalue weighted by molar-refractivity contribution is 5.85. The molecule has 0 radical (unpaired) electrons. The van der Waals surface area contributed by atoms with E-state index in [9.17, 15) is 4.79 Å². The lowest BCUT2D eigenvalue weighted by Crippen LogP contribution is -2.31. The van der Waals surface area contributed by atoms with Crippen molar-refractivity contribution in [3.8, 4) is 5.75 Å². The minimum absolute atomic E-state index is 0. The third-order valence-electron chi connectivity index (χ3n) is 2.80. The minimum Gasteiger partial charge on any atom is -0.491 e. The van der Waals surface area contributed by atoms with Gasteiger partial charge in [-0.3, -0.25) is 4.79 Å². The van der Waals surface area contributed by atoms with E-state index in [-0.39, 0.29) is 18.3 Å². The number of hydrogen-bond donors (Lipinski definition) is 1. The number of ether oxygens (including phenoxy) is 1. The summed E-state index contributed by atoms with van der Waals surface area (Å²) in [7, 11) is 1.79. The Morgan fingerprint density at radius 2 is 2.05 bits per heavy atom. The molecule has 0 saturated carbocycles. The van der Waals surface area contributed by atoms with E-state index in [0.717, 1.165) is 17.7 Å². The van der Waals surface area contributed by atoms with Gasteiger partial charge in [-0.15, -0.1) is 12.4 Å². The minimum atomic E-state index is 0. The Morgan fingerprint density at radius 3 is 2.68 bits per heavy atom. The average molecular weight is 287 g/mol. The Kier molecular flexibility index (Phi) is 9.00. The van der Waals surface area contributed by atoms with Crippen LogP contribution in [0.15, 0.2) is 24.3 Å². The maximum atomic E-state index is 11.6. The van der Waals surface area contributed by atoms with E-state index in [1.807, 2.05) is 31.2 Å². The molecule has 4 nitrogen and oxygen atoms in total. The zero-order chi connectivity index (χ0) is 13.4. The molecular formula is C14H23ClN2O2. The standard InChI is InChI=1S/C14H22N2O2.ClH/c1-12-6-3-4-7-13(12)18-11-10-16(2)14(17)8-5-9-15;/h3-4,6-7H,5,8-11,15H2,1-2H3;1H. The van der Waals surface area contributed by atoms with Gasteiger partial charge in [-0.05, 0) is 31.5 Å². The van der Waals surface area contributed by atoms with Crippen molar-refractivity contribution in [1.82, 2.24) is 4.90 Å². The SMILES string of the molecule is Cc1ccccc1OCCN(C)C(=O)CCCN.Cl. The highest BCUT2D eigenvalue weighted by atomic mass is 35.5. The van der Waals surface area contributed by atoms with Crippen LogP contribution in [-0.4, -0.2) is 37.6 Å². The number of halogens is 1. The summed E-state index contributed by atoms with van der Waals surface area (Å²) in [5.41, 5.74) is 6.48. The Balaban J connectivity index is 0.00000324. The molecule has 0 fully saturated rings. The van der Waals surface area contributed by atoms with Crippen LogP contribution in [0, 0.1) is 6.92 Å². The molecule has 1 aromatic carbocycles. The smallest absolute Gasteiger partial charge is 0.222 e. The van der Waals surface area contributed by atoms with E-state index in [1.54, 1.807) is 11.9 Å². The lowest BCUT2D eigenvalue weighted by molar-refractivity contribution is -0.130. The number of nitrogens with zero attached hydrogens (tertiary/aromatic N) is 1. The Bertz CT molecular complexity index is 385. The molecular weight excluding hydrogens is 264 g/mol. The van der Waals surface area contributed by atoms with Crippen LogP contribution >= 0.6 is 12.4 Å². The van der Waals surface area contributed by atoms with E-state index >= 15 is 0 Å². The molecule has 1 amide bonds. The fourth-order valence-electron chi connectivity index (χ4n) is 1.58. The maximum absolute atomic E-state index is 11.6. The van der Waals surface area contributed by atoms with Crippen molar-refractivity contribution in [2.24, 2.45) is 5.73 Å². The number of carbonyl (C=O) groups is 1. The van der Waals surface area contributed by atoms with Crippen LogP contribution in [0.25, 0.3) is 0 Å². The molecule has 0 bridgehead atoms. The predicted molar refractivity (Wildman–Crippen MR) is 79.8 cm³/mol. The second-order valence-corrected chi connectivity index (χ2v) is 4.32. The van der Waals surface area contributed by atoms with Crippen LogP contribution < -0.4 is 10.5 Å². The molecule has 1 rings (SSSR count). The zero-order valence-electron chi connectivity index (χ0n) is 11.6. The number of carbonyl (C=O) groups excluding carboxylic acids is 1. The largest absolute Gasteiger partial charge is 0.491 e. The number of rotatable bonds is 7. The molecule has 1 aromatic rings. The molecule has 0 aliphatic heterocycles. The quantitative estimate of drug-likeness (QED) is 0.834. The number of nitrogens with two attached hydrogens (primary N) is 1. The maximum Gasteiger partial charge on any atom is 0.222 e. The van der Waals surface area contributed by atoms with Gasteiger partial charge in [-0.2, -0.15) is 0 Å².